The molecular weight excluding hydrogens is 229 g/mol. The van der Waals surface area contributed by atoms with Gasteiger partial charge in [-0.15, -0.1) is 0 Å². The third-order valence-electron chi connectivity index (χ3n) is 1.75. The molecule has 1 aromatic heterocycles. The summed E-state index contributed by atoms with van der Waals surface area (Å²) < 4.78 is 19.5. The fourth-order valence-corrected chi connectivity index (χ4v) is 1.67. The van der Waals surface area contributed by atoms with Crippen LogP contribution >= 0.6 is 15.9 Å². The molecule has 3 nitrogen and oxygen atoms in total. The summed E-state index contributed by atoms with van der Waals surface area (Å²) in [5, 5.41) is 0. The average molecular weight is 234 g/mol. The van der Waals surface area contributed by atoms with Gasteiger partial charge in [0.15, 0.2) is 5.82 Å². The Labute approximate surface area is 76.2 Å². The zero-order valence-corrected chi connectivity index (χ0v) is 7.60. The molecule has 2 rings (SSSR count). The summed E-state index contributed by atoms with van der Waals surface area (Å²) in [5.41, 5.74) is 0.269. The minimum atomic E-state index is -0.467. The number of carbonyl (C=O) groups is 1. The fraction of sp³-hybridized carbons (Fsp3) is 0.286. The highest BCUT2D eigenvalue weighted by Crippen LogP contribution is 2.23. The number of ether oxygens (including phenoxy) is 1. The maximum absolute atomic E-state index is 12.9. The first-order valence-electron chi connectivity index (χ1n) is 3.42. The summed E-state index contributed by atoms with van der Waals surface area (Å²) in [6, 6.07) is 1.17. The normalized spacial score (nSPS) is 15.7. The van der Waals surface area contributed by atoms with Crippen molar-refractivity contribution in [1.82, 2.24) is 4.57 Å². The molecule has 0 atom stereocenters. The smallest absolute Gasteiger partial charge is 0.355 e. The number of hydrogen-bond acceptors (Lipinski definition) is 2. The van der Waals surface area contributed by atoms with Crippen LogP contribution in [0.5, 0.6) is 0 Å². The molecule has 2 heterocycles. The van der Waals surface area contributed by atoms with Crippen LogP contribution in [0.4, 0.5) is 4.39 Å². The molecule has 0 fully saturated rings. The van der Waals surface area contributed by atoms with Gasteiger partial charge in [0.1, 0.15) is 16.9 Å². The number of rotatable bonds is 0. The standard InChI is InChI=1S/C7H5BrFNO2/c8-6-4(9)3-5-7(11)12-2-1-10(5)6/h3H,1-2H2. The van der Waals surface area contributed by atoms with Crippen LogP contribution in [0.2, 0.25) is 0 Å². The van der Waals surface area contributed by atoms with Crippen LogP contribution in [-0.4, -0.2) is 17.1 Å². The monoisotopic (exact) mass is 233 g/mol. The molecule has 0 unspecified atom stereocenters. The van der Waals surface area contributed by atoms with Crippen molar-refractivity contribution in [3.8, 4) is 0 Å². The number of fused-ring (bicyclic) bond motifs is 1. The molecule has 1 aromatic rings. The summed E-state index contributed by atoms with van der Waals surface area (Å²) in [6.07, 6.45) is 0. The average Bonchev–Trinajstić information content (AvgIpc) is 2.32. The number of halogens is 2. The molecule has 0 aromatic carbocycles. The van der Waals surface area contributed by atoms with Crippen molar-refractivity contribution >= 4 is 21.9 Å². The highest BCUT2D eigenvalue weighted by Gasteiger charge is 2.23. The maximum Gasteiger partial charge on any atom is 0.355 e. The fourth-order valence-electron chi connectivity index (χ4n) is 1.18. The van der Waals surface area contributed by atoms with Crippen LogP contribution in [-0.2, 0) is 11.3 Å². The topological polar surface area (TPSA) is 31.2 Å². The first-order chi connectivity index (χ1) is 5.70. The molecule has 5 heteroatoms. The van der Waals surface area contributed by atoms with Crippen LogP contribution in [0.25, 0.3) is 0 Å². The van der Waals surface area contributed by atoms with Crippen molar-refractivity contribution in [1.29, 1.82) is 0 Å². The molecule has 0 radical (unpaired) electrons. The maximum atomic E-state index is 12.9. The van der Waals surface area contributed by atoms with Crippen LogP contribution in [0.15, 0.2) is 10.7 Å². The Bertz CT molecular complexity index is 347. The van der Waals surface area contributed by atoms with Gasteiger partial charge in [-0.05, 0) is 15.9 Å². The molecule has 1 aliphatic heterocycles. The van der Waals surface area contributed by atoms with E-state index in [2.05, 4.69) is 15.9 Å². The first kappa shape index (κ1) is 7.79. The van der Waals surface area contributed by atoms with Crippen molar-refractivity contribution in [2.75, 3.05) is 6.61 Å². The van der Waals surface area contributed by atoms with E-state index in [9.17, 15) is 9.18 Å². The quantitative estimate of drug-likeness (QED) is 0.638. The molecule has 0 saturated carbocycles. The lowest BCUT2D eigenvalue weighted by Gasteiger charge is -2.15. The summed E-state index contributed by atoms with van der Waals surface area (Å²) in [5.74, 6) is -0.894. The summed E-state index contributed by atoms with van der Waals surface area (Å²) in [4.78, 5) is 11.0. The Kier molecular flexibility index (Phi) is 1.68. The Morgan fingerprint density at radius 1 is 1.67 bits per heavy atom. The lowest BCUT2D eigenvalue weighted by atomic mass is 10.4. The minimum absolute atomic E-state index is 0.269. The van der Waals surface area contributed by atoms with Crippen LogP contribution in [0.1, 0.15) is 10.5 Å². The molecule has 0 bridgehead atoms. The number of hydrogen-bond donors (Lipinski definition) is 0. The van der Waals surface area contributed by atoms with Crippen LogP contribution in [0, 0.1) is 5.82 Å². The lowest BCUT2D eigenvalue weighted by Crippen LogP contribution is -2.22. The summed E-state index contributed by atoms with van der Waals surface area (Å²) >= 11 is 3.04. The van der Waals surface area contributed by atoms with E-state index in [0.29, 0.717) is 17.8 Å². The lowest BCUT2D eigenvalue weighted by molar-refractivity contribution is 0.0421. The second-order valence-electron chi connectivity index (χ2n) is 2.46. The molecule has 0 saturated heterocycles. The highest BCUT2D eigenvalue weighted by molar-refractivity contribution is 9.10. The van der Waals surface area contributed by atoms with Crippen molar-refractivity contribution in [3.05, 3.63) is 22.2 Å². The predicted octanol–water partition coefficient (Wildman–Crippen LogP) is 1.56. The second kappa shape index (κ2) is 2.58. The molecule has 0 N–H and O–H groups in total. The van der Waals surface area contributed by atoms with Crippen molar-refractivity contribution < 1.29 is 13.9 Å². The van der Waals surface area contributed by atoms with Gasteiger partial charge in [0.25, 0.3) is 0 Å². The Hall–Kier alpha value is -0.840. The minimum Gasteiger partial charge on any atom is -0.459 e. The molecular formula is C7H5BrFNO2. The molecule has 0 amide bonds. The zero-order chi connectivity index (χ0) is 8.72. The largest absolute Gasteiger partial charge is 0.459 e. The van der Waals surface area contributed by atoms with E-state index in [1.54, 1.807) is 4.57 Å². The van der Waals surface area contributed by atoms with Gasteiger partial charge in [0.05, 0.1) is 6.54 Å². The van der Waals surface area contributed by atoms with Crippen LogP contribution < -0.4 is 0 Å². The van der Waals surface area contributed by atoms with E-state index in [0.717, 1.165) is 0 Å². The molecule has 0 spiro atoms. The van der Waals surface area contributed by atoms with E-state index >= 15 is 0 Å². The number of aromatic nitrogens is 1. The van der Waals surface area contributed by atoms with Crippen molar-refractivity contribution in [2.45, 2.75) is 6.54 Å². The molecule has 1 aliphatic rings. The number of nitrogens with zero attached hydrogens (tertiary/aromatic N) is 1. The van der Waals surface area contributed by atoms with Gasteiger partial charge in [0.2, 0.25) is 0 Å². The van der Waals surface area contributed by atoms with Gasteiger partial charge < -0.3 is 9.30 Å². The van der Waals surface area contributed by atoms with Gasteiger partial charge in [-0.1, -0.05) is 0 Å². The number of esters is 1. The molecule has 64 valence electrons. The predicted molar refractivity (Wildman–Crippen MR) is 42.4 cm³/mol. The third-order valence-corrected chi connectivity index (χ3v) is 2.55. The van der Waals surface area contributed by atoms with Gasteiger partial charge in [0, 0.05) is 6.07 Å². The third kappa shape index (κ3) is 0.964. The summed E-state index contributed by atoms with van der Waals surface area (Å²) in [6.45, 7) is 0.810. The van der Waals surface area contributed by atoms with Crippen molar-refractivity contribution in [2.24, 2.45) is 0 Å². The second-order valence-corrected chi connectivity index (χ2v) is 3.21. The Morgan fingerprint density at radius 3 is 3.08 bits per heavy atom. The number of cyclic esters (lactones) is 1. The van der Waals surface area contributed by atoms with Gasteiger partial charge in [-0.3, -0.25) is 0 Å². The van der Waals surface area contributed by atoms with Crippen molar-refractivity contribution in [3.63, 3.8) is 0 Å². The van der Waals surface area contributed by atoms with Gasteiger partial charge in [-0.2, -0.15) is 0 Å². The van der Waals surface area contributed by atoms with E-state index < -0.39 is 11.8 Å². The van der Waals surface area contributed by atoms with E-state index in [4.69, 9.17) is 4.74 Å². The number of carbonyl (C=O) groups excluding carboxylic acids is 1. The van der Waals surface area contributed by atoms with Gasteiger partial charge >= 0.3 is 5.97 Å². The molecule has 0 aliphatic carbocycles. The van der Waals surface area contributed by atoms with Gasteiger partial charge in [-0.25, -0.2) is 9.18 Å². The van der Waals surface area contributed by atoms with E-state index in [-0.39, 0.29) is 5.69 Å². The van der Waals surface area contributed by atoms with Crippen LogP contribution in [0.3, 0.4) is 0 Å². The zero-order valence-electron chi connectivity index (χ0n) is 6.01. The van der Waals surface area contributed by atoms with E-state index in [1.807, 2.05) is 0 Å². The SMILES string of the molecule is O=C1OCCn2c1cc(F)c2Br. The molecule has 12 heavy (non-hydrogen) atoms. The highest BCUT2D eigenvalue weighted by atomic mass is 79.9. The first-order valence-corrected chi connectivity index (χ1v) is 4.21. The Morgan fingerprint density at radius 2 is 2.42 bits per heavy atom. The Balaban J connectivity index is 2.60. The summed E-state index contributed by atoms with van der Waals surface area (Å²) in [7, 11) is 0. The van der Waals surface area contributed by atoms with E-state index in [1.165, 1.54) is 6.07 Å².